The van der Waals surface area contributed by atoms with Crippen molar-refractivity contribution in [1.29, 1.82) is 0 Å². The van der Waals surface area contributed by atoms with Crippen molar-refractivity contribution in [1.82, 2.24) is 5.32 Å². The zero-order valence-corrected chi connectivity index (χ0v) is 27.7. The number of hydrogen-bond acceptors (Lipinski definition) is 8. The summed E-state index contributed by atoms with van der Waals surface area (Å²) in [6.45, 7) is 0. The highest BCUT2D eigenvalue weighted by Gasteiger charge is 2.26. The predicted octanol–water partition coefficient (Wildman–Crippen LogP) is 6.95. The molecule has 0 unspecified atom stereocenters. The maximum absolute atomic E-state index is 13.5. The van der Waals surface area contributed by atoms with Crippen LogP contribution in [0.25, 0.3) is 6.08 Å². The molecule has 3 aromatic carbocycles. The van der Waals surface area contributed by atoms with Gasteiger partial charge in [0.1, 0.15) is 16.4 Å². The number of methoxy groups -OCH3 is 2. The SMILES string of the molecule is COC(=O)c1c(NC(=O)CSc2cccc(NC(=O)/C(=C\c3ccccc3OC)NC(=O)c3ccccc3)c2)sc2c1CCCCC2. The van der Waals surface area contributed by atoms with Gasteiger partial charge in [-0.1, -0.05) is 48.9 Å². The number of carbonyl (C=O) groups excluding carboxylic acids is 4. The Hall–Kier alpha value is -4.87. The van der Waals surface area contributed by atoms with Crippen molar-refractivity contribution >= 4 is 63.6 Å². The Morgan fingerprint density at radius 2 is 1.64 bits per heavy atom. The van der Waals surface area contributed by atoms with Crippen molar-refractivity contribution in [3.63, 3.8) is 0 Å². The number of rotatable bonds is 11. The summed E-state index contributed by atoms with van der Waals surface area (Å²) in [6.07, 6.45) is 6.42. The van der Waals surface area contributed by atoms with Crippen molar-refractivity contribution in [3.05, 3.63) is 112 Å². The Kier molecular flexibility index (Phi) is 11.5. The van der Waals surface area contributed by atoms with Crippen molar-refractivity contribution in [2.24, 2.45) is 0 Å². The van der Waals surface area contributed by atoms with Gasteiger partial charge in [0.25, 0.3) is 11.8 Å². The third kappa shape index (κ3) is 8.69. The zero-order valence-electron chi connectivity index (χ0n) is 26.1. The van der Waals surface area contributed by atoms with Gasteiger partial charge in [0.05, 0.1) is 25.5 Å². The molecule has 0 saturated heterocycles. The Bertz CT molecular complexity index is 1800. The largest absolute Gasteiger partial charge is 0.496 e. The van der Waals surface area contributed by atoms with Crippen LogP contribution in [-0.2, 0) is 27.2 Å². The van der Waals surface area contributed by atoms with Gasteiger partial charge in [-0.15, -0.1) is 23.1 Å². The molecule has 0 aliphatic heterocycles. The van der Waals surface area contributed by atoms with E-state index in [1.807, 2.05) is 18.2 Å². The fourth-order valence-corrected chi connectivity index (χ4v) is 7.25. The van der Waals surface area contributed by atoms with E-state index >= 15 is 0 Å². The first-order valence-electron chi connectivity index (χ1n) is 15.1. The molecule has 9 nitrogen and oxygen atoms in total. The number of nitrogens with one attached hydrogen (secondary N) is 3. The van der Waals surface area contributed by atoms with Crippen LogP contribution in [0.1, 0.15) is 56.0 Å². The zero-order chi connectivity index (χ0) is 33.2. The first-order valence-corrected chi connectivity index (χ1v) is 16.9. The molecule has 0 atom stereocenters. The second-order valence-corrected chi connectivity index (χ2v) is 12.9. The molecule has 1 heterocycles. The Morgan fingerprint density at radius 3 is 2.43 bits per heavy atom. The minimum absolute atomic E-state index is 0.0246. The minimum atomic E-state index is -0.534. The first kappa shape index (κ1) is 33.5. The molecule has 3 N–H and O–H groups in total. The van der Waals surface area contributed by atoms with Gasteiger partial charge in [-0.3, -0.25) is 14.4 Å². The summed E-state index contributed by atoms with van der Waals surface area (Å²) in [5.41, 5.74) is 2.98. The maximum atomic E-state index is 13.5. The average Bonchev–Trinajstić information content (AvgIpc) is 3.26. The van der Waals surface area contributed by atoms with Gasteiger partial charge in [-0.2, -0.15) is 0 Å². The molecule has 4 aromatic rings. The minimum Gasteiger partial charge on any atom is -0.496 e. The lowest BCUT2D eigenvalue weighted by Crippen LogP contribution is -2.30. The number of benzene rings is 3. The highest BCUT2D eigenvalue weighted by molar-refractivity contribution is 8.00. The Morgan fingerprint density at radius 1 is 0.872 bits per heavy atom. The molecule has 0 bridgehead atoms. The summed E-state index contributed by atoms with van der Waals surface area (Å²) in [5, 5.41) is 9.05. The van der Waals surface area contributed by atoms with Crippen LogP contribution in [0.4, 0.5) is 10.7 Å². The lowest BCUT2D eigenvalue weighted by Gasteiger charge is -2.13. The number of ether oxygens (including phenoxy) is 2. The van der Waals surface area contributed by atoms with Gasteiger partial charge >= 0.3 is 5.97 Å². The van der Waals surface area contributed by atoms with Crippen LogP contribution in [0, 0.1) is 0 Å². The normalized spacial score (nSPS) is 12.7. The number of carbonyl (C=O) groups is 4. The summed E-state index contributed by atoms with van der Waals surface area (Å²) >= 11 is 2.75. The molecular weight excluding hydrogens is 635 g/mol. The van der Waals surface area contributed by atoms with Gasteiger partial charge in [-0.25, -0.2) is 4.79 Å². The van der Waals surface area contributed by atoms with E-state index in [1.165, 1.54) is 37.3 Å². The summed E-state index contributed by atoms with van der Waals surface area (Å²) in [7, 11) is 2.89. The van der Waals surface area contributed by atoms with E-state index in [0.29, 0.717) is 33.1 Å². The Labute approximate surface area is 281 Å². The highest BCUT2D eigenvalue weighted by atomic mass is 32.2. The predicted molar refractivity (Wildman–Crippen MR) is 186 cm³/mol. The van der Waals surface area contributed by atoms with Crippen LogP contribution in [0.3, 0.4) is 0 Å². The number of amides is 3. The summed E-state index contributed by atoms with van der Waals surface area (Å²) in [6, 6.07) is 22.9. The van der Waals surface area contributed by atoms with E-state index in [4.69, 9.17) is 9.47 Å². The van der Waals surface area contributed by atoms with Gasteiger partial charge in [0.2, 0.25) is 5.91 Å². The van der Waals surface area contributed by atoms with E-state index in [1.54, 1.807) is 66.7 Å². The number of fused-ring (bicyclic) bond motifs is 1. The van der Waals surface area contributed by atoms with E-state index in [0.717, 1.165) is 47.4 Å². The molecule has 1 aromatic heterocycles. The smallest absolute Gasteiger partial charge is 0.341 e. The van der Waals surface area contributed by atoms with Crippen LogP contribution >= 0.6 is 23.1 Å². The number of thiophene rings is 1. The van der Waals surface area contributed by atoms with Gasteiger partial charge in [0, 0.05) is 26.6 Å². The van der Waals surface area contributed by atoms with Crippen molar-refractivity contribution in [3.8, 4) is 5.75 Å². The number of hydrogen-bond donors (Lipinski definition) is 3. The third-order valence-corrected chi connectivity index (χ3v) is 9.69. The van der Waals surface area contributed by atoms with E-state index in [-0.39, 0.29) is 17.4 Å². The number of thioether (sulfide) groups is 1. The number of para-hydroxylation sites is 1. The first-order chi connectivity index (χ1) is 22.9. The van der Waals surface area contributed by atoms with E-state index in [2.05, 4.69) is 16.0 Å². The number of anilines is 2. The number of esters is 1. The maximum Gasteiger partial charge on any atom is 0.341 e. The monoisotopic (exact) mass is 669 g/mol. The molecule has 0 spiro atoms. The lowest BCUT2D eigenvalue weighted by molar-refractivity contribution is -0.114. The second-order valence-electron chi connectivity index (χ2n) is 10.7. The van der Waals surface area contributed by atoms with Crippen molar-refractivity contribution in [2.75, 3.05) is 30.6 Å². The second kappa shape index (κ2) is 16.1. The molecule has 3 amide bonds. The van der Waals surface area contributed by atoms with E-state index < -0.39 is 17.8 Å². The lowest BCUT2D eigenvalue weighted by atomic mass is 10.1. The van der Waals surface area contributed by atoms with Crippen LogP contribution in [0.2, 0.25) is 0 Å². The standard InChI is InChI=1S/C36H35N3O6S2/c1-44-29-18-10-9-14-24(29)20-28(38-33(41)23-12-5-3-6-13-23)34(42)37-25-15-11-16-26(21-25)46-22-31(40)39-35-32(36(43)45-2)27-17-7-4-8-19-30(27)47-35/h3,5-6,9-16,18,20-21H,4,7-8,17,19,22H2,1-2H3,(H,37,42)(H,38,41)(H,39,40)/b28-20+. The summed E-state index contributed by atoms with van der Waals surface area (Å²) < 4.78 is 10.5. The van der Waals surface area contributed by atoms with Crippen molar-refractivity contribution < 1.29 is 28.7 Å². The molecule has 5 rings (SSSR count). The Balaban J connectivity index is 1.28. The van der Waals surface area contributed by atoms with Gasteiger partial charge in [0.15, 0.2) is 0 Å². The van der Waals surface area contributed by atoms with Crippen LogP contribution in [-0.4, -0.2) is 43.7 Å². The summed E-state index contributed by atoms with van der Waals surface area (Å²) in [4.78, 5) is 54.1. The van der Waals surface area contributed by atoms with Gasteiger partial charge in [-0.05, 0) is 73.7 Å². The quantitative estimate of drug-likeness (QED) is 0.0684. The molecule has 0 fully saturated rings. The van der Waals surface area contributed by atoms with Crippen LogP contribution < -0.4 is 20.7 Å². The third-order valence-electron chi connectivity index (χ3n) is 7.49. The topological polar surface area (TPSA) is 123 Å². The molecule has 0 saturated carbocycles. The molecule has 1 aliphatic carbocycles. The molecule has 1 aliphatic rings. The molecule has 11 heteroatoms. The molecule has 242 valence electrons. The van der Waals surface area contributed by atoms with Crippen LogP contribution in [0.15, 0.2) is 89.5 Å². The number of aryl methyl sites for hydroxylation is 1. The van der Waals surface area contributed by atoms with Gasteiger partial charge < -0.3 is 25.4 Å². The van der Waals surface area contributed by atoms with Crippen molar-refractivity contribution in [2.45, 2.75) is 37.0 Å². The molecular formula is C36H35N3O6S2. The highest BCUT2D eigenvalue weighted by Crippen LogP contribution is 2.38. The molecule has 47 heavy (non-hydrogen) atoms. The van der Waals surface area contributed by atoms with E-state index in [9.17, 15) is 19.2 Å². The average molecular weight is 670 g/mol. The fourth-order valence-electron chi connectivity index (χ4n) is 5.21. The summed E-state index contributed by atoms with van der Waals surface area (Å²) in [5.74, 6) is -1.03. The fraction of sp³-hybridized carbons (Fsp3) is 0.222. The molecule has 0 radical (unpaired) electrons. The van der Waals surface area contributed by atoms with Crippen LogP contribution in [0.5, 0.6) is 5.75 Å².